The molecular formula is C27H27F3N4O7S. The first kappa shape index (κ1) is 30.7. The van der Waals surface area contributed by atoms with Crippen LogP contribution in [0.4, 0.5) is 13.2 Å². The molecule has 2 aromatic carbocycles. The molecule has 1 aliphatic rings. The van der Waals surface area contributed by atoms with Gasteiger partial charge in [-0.2, -0.15) is 18.7 Å². The molecule has 0 radical (unpaired) electrons. The van der Waals surface area contributed by atoms with Gasteiger partial charge >= 0.3 is 12.1 Å². The number of ether oxygens (including phenoxy) is 1. The Labute approximate surface area is 239 Å². The van der Waals surface area contributed by atoms with Crippen molar-refractivity contribution in [1.82, 2.24) is 20.1 Å². The first-order valence-electron chi connectivity index (χ1n) is 12.6. The molecular weight excluding hydrogens is 581 g/mol. The highest BCUT2D eigenvalue weighted by atomic mass is 32.2. The predicted molar refractivity (Wildman–Crippen MR) is 143 cm³/mol. The molecule has 2 N–H and O–H groups in total. The minimum atomic E-state index is -5.33. The highest BCUT2D eigenvalue weighted by Gasteiger charge is 2.43. The van der Waals surface area contributed by atoms with Gasteiger partial charge in [0.25, 0.3) is 11.8 Å². The number of carbonyl (C=O) groups is 3. The SMILES string of the molecule is Cc1cc(COc2ccc(C(=O)N[C@@H]3CN(S(C)(=O)=O)CC[C@@H]3C(=O)NOC(=O)C(F)(F)F)cc2)c2ccccc2n1. The third kappa shape index (κ3) is 7.53. The molecule has 2 atom stereocenters. The molecule has 0 spiro atoms. The third-order valence-corrected chi connectivity index (χ3v) is 7.88. The average Bonchev–Trinajstić information content (AvgIpc) is 2.93. The van der Waals surface area contributed by atoms with Crippen molar-refractivity contribution in [3.63, 3.8) is 0 Å². The standard InChI is InChI=1S/C27H27F3N4O7S/c1-16-13-18(20-5-3-4-6-22(20)31-16)15-40-19-9-7-17(8-10-19)24(35)32-23-14-34(42(2,38)39)12-11-21(23)25(36)33-41-26(37)27(28,29)30/h3-10,13,21,23H,11-12,14-15H2,1-2H3,(H,32,35)(H,33,36)/t21-,23+/m0/s1. The summed E-state index contributed by atoms with van der Waals surface area (Å²) in [6.45, 7) is 1.67. The van der Waals surface area contributed by atoms with Crippen molar-refractivity contribution in [2.75, 3.05) is 19.3 Å². The number of carbonyl (C=O) groups excluding carboxylic acids is 3. The highest BCUT2D eigenvalue weighted by Crippen LogP contribution is 2.23. The number of benzene rings is 2. The number of pyridine rings is 1. The molecule has 2 heterocycles. The molecule has 4 rings (SSSR count). The summed E-state index contributed by atoms with van der Waals surface area (Å²) in [5.74, 6) is -5.13. The van der Waals surface area contributed by atoms with Crippen molar-refractivity contribution in [2.45, 2.75) is 32.2 Å². The number of halogens is 3. The van der Waals surface area contributed by atoms with Gasteiger partial charge in [0.1, 0.15) is 12.4 Å². The summed E-state index contributed by atoms with van der Waals surface area (Å²) >= 11 is 0. The van der Waals surface area contributed by atoms with E-state index in [1.165, 1.54) is 17.6 Å². The fraction of sp³-hybridized carbons (Fsp3) is 0.333. The van der Waals surface area contributed by atoms with Gasteiger partial charge in [-0.1, -0.05) is 18.2 Å². The lowest BCUT2D eigenvalue weighted by molar-refractivity contribution is -0.208. The predicted octanol–water partition coefficient (Wildman–Crippen LogP) is 2.64. The summed E-state index contributed by atoms with van der Waals surface area (Å²) in [6.07, 6.45) is -4.53. The normalized spacial score (nSPS) is 17.8. The first-order valence-corrected chi connectivity index (χ1v) is 14.5. The maximum atomic E-state index is 13.0. The van der Waals surface area contributed by atoms with Crippen molar-refractivity contribution < 1.29 is 45.5 Å². The van der Waals surface area contributed by atoms with Crippen molar-refractivity contribution in [3.05, 3.63) is 71.4 Å². The van der Waals surface area contributed by atoms with E-state index in [0.29, 0.717) is 5.75 Å². The van der Waals surface area contributed by atoms with E-state index < -0.39 is 45.9 Å². The molecule has 0 saturated carbocycles. The van der Waals surface area contributed by atoms with Gasteiger partial charge in [0.15, 0.2) is 0 Å². The van der Waals surface area contributed by atoms with Crippen molar-refractivity contribution in [2.24, 2.45) is 5.92 Å². The molecule has 0 aliphatic carbocycles. The number of amides is 2. The number of rotatable bonds is 7. The fourth-order valence-electron chi connectivity index (χ4n) is 4.54. The van der Waals surface area contributed by atoms with E-state index in [9.17, 15) is 36.0 Å². The zero-order valence-electron chi connectivity index (χ0n) is 22.5. The highest BCUT2D eigenvalue weighted by molar-refractivity contribution is 7.88. The summed E-state index contributed by atoms with van der Waals surface area (Å²) in [5.41, 5.74) is 4.22. The third-order valence-electron chi connectivity index (χ3n) is 6.61. The largest absolute Gasteiger partial charge is 0.493 e. The molecule has 1 saturated heterocycles. The van der Waals surface area contributed by atoms with E-state index in [-0.39, 0.29) is 31.7 Å². The van der Waals surface area contributed by atoms with E-state index in [2.05, 4.69) is 15.1 Å². The van der Waals surface area contributed by atoms with Gasteiger partial charge in [-0.3, -0.25) is 14.6 Å². The molecule has 42 heavy (non-hydrogen) atoms. The second kappa shape index (κ2) is 12.3. The maximum absolute atomic E-state index is 13.0. The number of piperidine rings is 1. The van der Waals surface area contributed by atoms with Gasteiger partial charge in [0.05, 0.1) is 23.7 Å². The molecule has 3 aromatic rings. The van der Waals surface area contributed by atoms with Crippen molar-refractivity contribution >= 4 is 38.7 Å². The average molecular weight is 609 g/mol. The fourth-order valence-corrected chi connectivity index (χ4v) is 5.41. The quantitative estimate of drug-likeness (QED) is 0.390. The van der Waals surface area contributed by atoms with E-state index >= 15 is 0 Å². The van der Waals surface area contributed by atoms with Gasteiger partial charge < -0.3 is 14.9 Å². The number of aryl methyl sites for hydroxylation is 1. The van der Waals surface area contributed by atoms with Gasteiger partial charge in [-0.05, 0) is 49.7 Å². The number of nitrogens with one attached hydrogen (secondary N) is 2. The van der Waals surface area contributed by atoms with Gasteiger partial charge in [0.2, 0.25) is 10.0 Å². The second-order valence-electron chi connectivity index (χ2n) is 9.70. The van der Waals surface area contributed by atoms with E-state index in [1.54, 1.807) is 12.1 Å². The van der Waals surface area contributed by atoms with Crippen LogP contribution in [0.5, 0.6) is 5.75 Å². The Morgan fingerprint density at radius 1 is 1.10 bits per heavy atom. The van der Waals surface area contributed by atoms with Crippen LogP contribution in [-0.2, 0) is 31.1 Å². The second-order valence-corrected chi connectivity index (χ2v) is 11.7. The molecule has 1 fully saturated rings. The number of aromatic nitrogens is 1. The maximum Gasteiger partial charge on any atom is 0.493 e. The lowest BCUT2D eigenvalue weighted by Gasteiger charge is -2.36. The van der Waals surface area contributed by atoms with E-state index in [1.807, 2.05) is 37.3 Å². The monoisotopic (exact) mass is 608 g/mol. The molecule has 0 bridgehead atoms. The lowest BCUT2D eigenvalue weighted by Crippen LogP contribution is -2.57. The number of hydrogen-bond acceptors (Lipinski definition) is 8. The number of alkyl halides is 3. The minimum Gasteiger partial charge on any atom is -0.489 e. The summed E-state index contributed by atoms with van der Waals surface area (Å²) < 4.78 is 68.4. The van der Waals surface area contributed by atoms with Crippen LogP contribution in [-0.4, -0.2) is 67.1 Å². The molecule has 1 aromatic heterocycles. The zero-order chi connectivity index (χ0) is 30.7. The Balaban J connectivity index is 1.43. The van der Waals surface area contributed by atoms with Gasteiger partial charge in [-0.25, -0.2) is 17.5 Å². The van der Waals surface area contributed by atoms with Crippen molar-refractivity contribution in [3.8, 4) is 5.75 Å². The van der Waals surface area contributed by atoms with Crippen LogP contribution in [0.1, 0.15) is 28.0 Å². The van der Waals surface area contributed by atoms with Crippen LogP contribution in [0.25, 0.3) is 10.9 Å². The topological polar surface area (TPSA) is 144 Å². The lowest BCUT2D eigenvalue weighted by atomic mass is 9.91. The molecule has 11 nitrogen and oxygen atoms in total. The molecule has 15 heteroatoms. The van der Waals surface area contributed by atoms with Crippen LogP contribution in [0, 0.1) is 12.8 Å². The summed E-state index contributed by atoms with van der Waals surface area (Å²) in [5, 5.41) is 3.52. The Morgan fingerprint density at radius 2 is 1.79 bits per heavy atom. The van der Waals surface area contributed by atoms with E-state index in [0.717, 1.165) is 32.7 Å². The number of sulfonamides is 1. The molecule has 224 valence electrons. The molecule has 2 amide bonds. The first-order chi connectivity index (χ1) is 19.7. The van der Waals surface area contributed by atoms with E-state index in [4.69, 9.17) is 4.74 Å². The number of nitrogens with zero attached hydrogens (tertiary/aromatic N) is 2. The number of fused-ring (bicyclic) bond motifs is 1. The summed E-state index contributed by atoms with van der Waals surface area (Å²) in [4.78, 5) is 44.9. The Morgan fingerprint density at radius 3 is 2.45 bits per heavy atom. The zero-order valence-corrected chi connectivity index (χ0v) is 23.3. The minimum absolute atomic E-state index is 0.130. The Hall–Kier alpha value is -4.24. The number of para-hydroxylation sites is 1. The van der Waals surface area contributed by atoms with Crippen molar-refractivity contribution in [1.29, 1.82) is 0 Å². The van der Waals surface area contributed by atoms with Crippen LogP contribution in [0.3, 0.4) is 0 Å². The number of hydrogen-bond donors (Lipinski definition) is 2. The number of hydroxylamine groups is 1. The van der Waals surface area contributed by atoms with Crippen LogP contribution < -0.4 is 15.5 Å². The van der Waals surface area contributed by atoms with Gasteiger partial charge in [0, 0.05) is 35.3 Å². The van der Waals surface area contributed by atoms with Crippen LogP contribution in [0.15, 0.2) is 54.6 Å². The Kier molecular flexibility index (Phi) is 9.01. The summed E-state index contributed by atoms with van der Waals surface area (Å²) in [7, 11) is -3.71. The smallest absolute Gasteiger partial charge is 0.489 e. The molecule has 1 aliphatic heterocycles. The van der Waals surface area contributed by atoms with Crippen LogP contribution >= 0.6 is 0 Å². The summed E-state index contributed by atoms with van der Waals surface area (Å²) in [6, 6.07) is 14.5. The van der Waals surface area contributed by atoms with Crippen LogP contribution in [0.2, 0.25) is 0 Å². The Bertz CT molecular complexity index is 1600. The van der Waals surface area contributed by atoms with Gasteiger partial charge in [-0.15, -0.1) is 0 Å². The molecule has 0 unspecified atom stereocenters.